The van der Waals surface area contributed by atoms with Crippen molar-refractivity contribution in [3.05, 3.63) is 47.5 Å². The van der Waals surface area contributed by atoms with Gasteiger partial charge in [-0.05, 0) is 25.1 Å². The van der Waals surface area contributed by atoms with Crippen molar-refractivity contribution in [3.8, 4) is 0 Å². The number of amides is 1. The lowest BCUT2D eigenvalue weighted by molar-refractivity contribution is 0.0951. The van der Waals surface area contributed by atoms with Gasteiger partial charge in [0, 0.05) is 30.9 Å². The average Bonchev–Trinajstić information content (AvgIpc) is 3.01. The van der Waals surface area contributed by atoms with Crippen molar-refractivity contribution in [2.75, 3.05) is 0 Å². The minimum atomic E-state index is -0.107. The van der Waals surface area contributed by atoms with E-state index >= 15 is 0 Å². The summed E-state index contributed by atoms with van der Waals surface area (Å²) in [5.74, 6) is -0.107. The first kappa shape index (κ1) is 12.4. The van der Waals surface area contributed by atoms with Gasteiger partial charge < -0.3 is 10.3 Å². The van der Waals surface area contributed by atoms with E-state index in [1.165, 1.54) is 0 Å². The maximum atomic E-state index is 12.1. The number of hydrogen-bond donors (Lipinski definition) is 2. The maximum absolute atomic E-state index is 12.1. The van der Waals surface area contributed by atoms with Crippen LogP contribution in [0.3, 0.4) is 0 Å². The van der Waals surface area contributed by atoms with Crippen LogP contribution in [0.5, 0.6) is 0 Å². The van der Waals surface area contributed by atoms with Gasteiger partial charge in [-0.3, -0.25) is 9.48 Å². The molecule has 3 rings (SSSR count). The Hall–Kier alpha value is -2.63. The molecule has 1 aromatic carbocycles. The molecule has 6 heteroatoms. The minimum absolute atomic E-state index is 0.107. The van der Waals surface area contributed by atoms with Crippen molar-refractivity contribution in [1.82, 2.24) is 25.1 Å². The van der Waals surface area contributed by atoms with Gasteiger partial charge in [0.15, 0.2) is 0 Å². The summed E-state index contributed by atoms with van der Waals surface area (Å²) in [6.45, 7) is 2.40. The fourth-order valence-electron chi connectivity index (χ4n) is 2.18. The van der Waals surface area contributed by atoms with Crippen LogP contribution in [0.25, 0.3) is 11.0 Å². The van der Waals surface area contributed by atoms with Crippen LogP contribution in [-0.4, -0.2) is 25.7 Å². The summed E-state index contributed by atoms with van der Waals surface area (Å²) >= 11 is 0. The highest BCUT2D eigenvalue weighted by atomic mass is 16.1. The first-order chi connectivity index (χ1) is 9.63. The van der Waals surface area contributed by atoms with Crippen molar-refractivity contribution in [3.63, 3.8) is 0 Å². The molecule has 0 fully saturated rings. The van der Waals surface area contributed by atoms with Crippen LogP contribution in [0.15, 0.2) is 30.7 Å². The number of benzene rings is 1. The Kier molecular flexibility index (Phi) is 2.98. The normalized spacial score (nSPS) is 10.9. The Morgan fingerprint density at radius 2 is 2.30 bits per heavy atom. The zero-order valence-corrected chi connectivity index (χ0v) is 11.3. The fourth-order valence-corrected chi connectivity index (χ4v) is 2.18. The number of rotatable bonds is 3. The Balaban J connectivity index is 1.74. The van der Waals surface area contributed by atoms with Crippen LogP contribution >= 0.6 is 0 Å². The van der Waals surface area contributed by atoms with Gasteiger partial charge in [0.1, 0.15) is 0 Å². The van der Waals surface area contributed by atoms with Gasteiger partial charge in [-0.1, -0.05) is 0 Å². The van der Waals surface area contributed by atoms with Crippen LogP contribution in [0.2, 0.25) is 0 Å². The van der Waals surface area contributed by atoms with Gasteiger partial charge in [0.25, 0.3) is 5.91 Å². The van der Waals surface area contributed by atoms with Crippen molar-refractivity contribution in [1.29, 1.82) is 0 Å². The molecule has 0 saturated heterocycles. The van der Waals surface area contributed by atoms with Crippen molar-refractivity contribution in [2.45, 2.75) is 13.5 Å². The highest BCUT2D eigenvalue weighted by Crippen LogP contribution is 2.12. The number of hydrogen-bond acceptors (Lipinski definition) is 3. The van der Waals surface area contributed by atoms with Crippen LogP contribution in [0.4, 0.5) is 0 Å². The van der Waals surface area contributed by atoms with E-state index in [1.54, 1.807) is 23.1 Å². The standard InChI is InChI=1S/C14H15N5O/c1-9-11(7-19(2)18-9)6-15-14(20)10-3-4-12-13(5-10)17-8-16-12/h3-5,7-8H,6H2,1-2H3,(H,15,20)(H,16,17). The van der Waals surface area contributed by atoms with Gasteiger partial charge in [-0.2, -0.15) is 5.10 Å². The molecule has 2 heterocycles. The number of carbonyl (C=O) groups excluding carboxylic acids is 1. The molecule has 0 aliphatic heterocycles. The third-order valence-corrected chi connectivity index (χ3v) is 3.24. The lowest BCUT2D eigenvalue weighted by Crippen LogP contribution is -2.22. The largest absolute Gasteiger partial charge is 0.348 e. The molecule has 6 nitrogen and oxygen atoms in total. The molecule has 0 bridgehead atoms. The molecule has 2 aromatic heterocycles. The highest BCUT2D eigenvalue weighted by molar-refractivity contribution is 5.97. The second-order valence-electron chi connectivity index (χ2n) is 4.73. The number of nitrogens with one attached hydrogen (secondary N) is 2. The zero-order valence-electron chi connectivity index (χ0n) is 11.3. The predicted molar refractivity (Wildman–Crippen MR) is 75.2 cm³/mol. The molecule has 0 aliphatic carbocycles. The Morgan fingerprint density at radius 3 is 3.05 bits per heavy atom. The molecule has 0 atom stereocenters. The molecule has 0 saturated carbocycles. The predicted octanol–water partition coefficient (Wildman–Crippen LogP) is 1.53. The van der Waals surface area contributed by atoms with E-state index in [2.05, 4.69) is 20.4 Å². The van der Waals surface area contributed by atoms with Gasteiger partial charge >= 0.3 is 0 Å². The number of aryl methyl sites for hydroxylation is 2. The fraction of sp³-hybridized carbons (Fsp3) is 0.214. The minimum Gasteiger partial charge on any atom is -0.348 e. The Morgan fingerprint density at radius 1 is 1.45 bits per heavy atom. The summed E-state index contributed by atoms with van der Waals surface area (Å²) in [6, 6.07) is 5.40. The molecule has 0 spiro atoms. The lowest BCUT2D eigenvalue weighted by atomic mass is 10.2. The van der Waals surface area contributed by atoms with Gasteiger partial charge in [-0.25, -0.2) is 4.98 Å². The Labute approximate surface area is 115 Å². The molecule has 0 radical (unpaired) electrons. The molecule has 3 aromatic rings. The van der Waals surface area contributed by atoms with Gasteiger partial charge in [0.2, 0.25) is 0 Å². The quantitative estimate of drug-likeness (QED) is 0.757. The van der Waals surface area contributed by atoms with Crippen molar-refractivity contribution < 1.29 is 4.79 Å². The molecule has 102 valence electrons. The summed E-state index contributed by atoms with van der Waals surface area (Å²) in [5, 5.41) is 7.15. The van der Waals surface area contributed by atoms with E-state index < -0.39 is 0 Å². The van der Waals surface area contributed by atoms with Crippen LogP contribution in [-0.2, 0) is 13.6 Å². The summed E-state index contributed by atoms with van der Waals surface area (Å²) in [6.07, 6.45) is 3.53. The number of aromatic nitrogens is 4. The highest BCUT2D eigenvalue weighted by Gasteiger charge is 2.09. The molecule has 2 N–H and O–H groups in total. The lowest BCUT2D eigenvalue weighted by Gasteiger charge is -2.04. The van der Waals surface area contributed by atoms with Crippen LogP contribution in [0.1, 0.15) is 21.6 Å². The first-order valence-corrected chi connectivity index (χ1v) is 6.34. The van der Waals surface area contributed by atoms with E-state index in [4.69, 9.17) is 0 Å². The molecule has 0 unspecified atom stereocenters. The average molecular weight is 269 g/mol. The molecule has 20 heavy (non-hydrogen) atoms. The third kappa shape index (κ3) is 2.27. The van der Waals surface area contributed by atoms with Crippen molar-refractivity contribution >= 4 is 16.9 Å². The van der Waals surface area contributed by atoms with Gasteiger partial charge in [-0.15, -0.1) is 0 Å². The molecular weight excluding hydrogens is 254 g/mol. The smallest absolute Gasteiger partial charge is 0.251 e. The van der Waals surface area contributed by atoms with E-state index in [9.17, 15) is 4.79 Å². The van der Waals surface area contributed by atoms with E-state index in [1.807, 2.05) is 26.2 Å². The topological polar surface area (TPSA) is 75.6 Å². The number of fused-ring (bicyclic) bond motifs is 1. The number of nitrogens with zero attached hydrogens (tertiary/aromatic N) is 3. The summed E-state index contributed by atoms with van der Waals surface area (Å²) < 4.78 is 1.74. The molecule has 0 aliphatic rings. The van der Waals surface area contributed by atoms with Crippen LogP contribution < -0.4 is 5.32 Å². The van der Waals surface area contributed by atoms with E-state index in [0.29, 0.717) is 12.1 Å². The number of carbonyl (C=O) groups is 1. The summed E-state index contributed by atoms with van der Waals surface area (Å²) in [4.78, 5) is 19.3. The van der Waals surface area contributed by atoms with Crippen LogP contribution in [0, 0.1) is 6.92 Å². The number of aromatic amines is 1. The van der Waals surface area contributed by atoms with E-state index in [-0.39, 0.29) is 5.91 Å². The second-order valence-corrected chi connectivity index (χ2v) is 4.73. The first-order valence-electron chi connectivity index (χ1n) is 6.34. The molecular formula is C14H15N5O. The number of H-pyrrole nitrogens is 1. The van der Waals surface area contributed by atoms with Gasteiger partial charge in [0.05, 0.1) is 23.1 Å². The third-order valence-electron chi connectivity index (χ3n) is 3.24. The maximum Gasteiger partial charge on any atom is 0.251 e. The second kappa shape index (κ2) is 4.80. The zero-order chi connectivity index (χ0) is 14.1. The Bertz CT molecular complexity index is 771. The molecule has 1 amide bonds. The SMILES string of the molecule is Cc1nn(C)cc1CNC(=O)c1ccc2nc[nH]c2c1. The summed E-state index contributed by atoms with van der Waals surface area (Å²) in [7, 11) is 1.87. The number of imidazole rings is 1. The van der Waals surface area contributed by atoms with E-state index in [0.717, 1.165) is 22.3 Å². The monoisotopic (exact) mass is 269 g/mol. The van der Waals surface area contributed by atoms with Crippen molar-refractivity contribution in [2.24, 2.45) is 7.05 Å². The summed E-state index contributed by atoms with van der Waals surface area (Å²) in [5.41, 5.74) is 4.27.